The topological polar surface area (TPSA) is 93.4 Å². The van der Waals surface area contributed by atoms with Crippen molar-refractivity contribution in [2.75, 3.05) is 6.26 Å². The summed E-state index contributed by atoms with van der Waals surface area (Å²) in [6.45, 7) is 0.00973. The first kappa shape index (κ1) is 20.5. The Bertz CT molecular complexity index is 1360. The van der Waals surface area contributed by atoms with Crippen LogP contribution >= 0.6 is 0 Å². The van der Waals surface area contributed by atoms with Crippen molar-refractivity contribution in [1.29, 1.82) is 0 Å². The number of hydrazone groups is 1. The quantitative estimate of drug-likeness (QED) is 0.374. The predicted octanol–water partition coefficient (Wildman–Crippen LogP) is 3.26. The van der Waals surface area contributed by atoms with Gasteiger partial charge < -0.3 is 4.57 Å². The minimum Gasteiger partial charge on any atom is -0.314 e. The third kappa shape index (κ3) is 4.70. The number of para-hydroxylation sites is 2. The number of nitrogens with zero attached hydrogens (tertiary/aromatic N) is 3. The summed E-state index contributed by atoms with van der Waals surface area (Å²) in [4.78, 5) is 17.4. The average molecular weight is 433 g/mol. The Labute approximate surface area is 180 Å². The number of sulfone groups is 1. The normalized spacial score (nSPS) is 11.8. The molecule has 0 aliphatic heterocycles. The molecule has 0 radical (unpaired) electrons. The molecule has 156 valence electrons. The van der Waals surface area contributed by atoms with Crippen LogP contribution in [0, 0.1) is 0 Å². The molecule has 0 atom stereocenters. The van der Waals surface area contributed by atoms with Crippen LogP contribution in [0.25, 0.3) is 22.4 Å². The molecule has 0 aliphatic rings. The summed E-state index contributed by atoms with van der Waals surface area (Å²) in [7, 11) is -3.30. The van der Waals surface area contributed by atoms with Gasteiger partial charge in [-0.2, -0.15) is 5.10 Å². The summed E-state index contributed by atoms with van der Waals surface area (Å²) in [5.74, 6) is 0.271. The number of nitrogens with one attached hydrogen (secondary N) is 1. The molecule has 4 aromatic rings. The highest BCUT2D eigenvalue weighted by Crippen LogP contribution is 2.26. The van der Waals surface area contributed by atoms with Gasteiger partial charge in [-0.1, -0.05) is 42.5 Å². The Morgan fingerprint density at radius 2 is 1.68 bits per heavy atom. The molecule has 0 unspecified atom stereocenters. The maximum atomic E-state index is 12.6. The van der Waals surface area contributed by atoms with Crippen molar-refractivity contribution in [3.05, 3.63) is 84.4 Å². The van der Waals surface area contributed by atoms with Gasteiger partial charge in [0, 0.05) is 11.8 Å². The van der Waals surface area contributed by atoms with E-state index in [2.05, 4.69) is 15.5 Å². The second-order valence-corrected chi connectivity index (χ2v) is 9.03. The number of rotatable bonds is 6. The van der Waals surface area contributed by atoms with Crippen molar-refractivity contribution in [3.8, 4) is 11.4 Å². The molecule has 4 rings (SSSR count). The van der Waals surface area contributed by atoms with Gasteiger partial charge >= 0.3 is 0 Å². The molecule has 0 saturated heterocycles. The molecule has 0 fully saturated rings. The Morgan fingerprint density at radius 1 is 1.00 bits per heavy atom. The summed E-state index contributed by atoms with van der Waals surface area (Å²) in [5.41, 5.74) is 5.67. The van der Waals surface area contributed by atoms with Gasteiger partial charge in [-0.3, -0.25) is 4.79 Å². The Hall–Kier alpha value is -3.78. The lowest BCUT2D eigenvalue weighted by atomic mass is 10.2. The number of hydrogen-bond acceptors (Lipinski definition) is 5. The fraction of sp³-hybridized carbons (Fsp3) is 0.0870. The molecule has 1 N–H and O–H groups in total. The van der Waals surface area contributed by atoms with Crippen LogP contribution in [0.5, 0.6) is 0 Å². The van der Waals surface area contributed by atoms with Gasteiger partial charge in [0.15, 0.2) is 9.84 Å². The number of aromatic nitrogens is 2. The van der Waals surface area contributed by atoms with Crippen molar-refractivity contribution < 1.29 is 13.2 Å². The summed E-state index contributed by atoms with van der Waals surface area (Å²) in [6, 6.07) is 23.4. The minimum absolute atomic E-state index is 0.00973. The van der Waals surface area contributed by atoms with E-state index in [-0.39, 0.29) is 17.3 Å². The van der Waals surface area contributed by atoms with E-state index in [9.17, 15) is 13.2 Å². The van der Waals surface area contributed by atoms with Crippen molar-refractivity contribution in [2.45, 2.75) is 11.4 Å². The monoisotopic (exact) mass is 432 g/mol. The first-order valence-electron chi connectivity index (χ1n) is 9.54. The predicted molar refractivity (Wildman–Crippen MR) is 120 cm³/mol. The SMILES string of the molecule is CS(=O)(=O)c1ccc(-c2nc3ccccc3n2CC(=O)N/N=C/c2ccccc2)cc1. The molecule has 0 aliphatic carbocycles. The molecular weight excluding hydrogens is 412 g/mol. The van der Waals surface area contributed by atoms with Gasteiger partial charge in [0.25, 0.3) is 5.91 Å². The molecule has 1 heterocycles. The third-order valence-corrected chi connectivity index (χ3v) is 5.83. The molecule has 7 nitrogen and oxygen atoms in total. The van der Waals surface area contributed by atoms with Gasteiger partial charge in [0.1, 0.15) is 12.4 Å². The maximum Gasteiger partial charge on any atom is 0.260 e. The van der Waals surface area contributed by atoms with Crippen LogP contribution in [0.1, 0.15) is 5.56 Å². The van der Waals surface area contributed by atoms with E-state index < -0.39 is 9.84 Å². The van der Waals surface area contributed by atoms with Gasteiger partial charge in [-0.05, 0) is 42.0 Å². The average Bonchev–Trinajstić information content (AvgIpc) is 3.12. The summed E-state index contributed by atoms with van der Waals surface area (Å²) in [6.07, 6.45) is 2.74. The van der Waals surface area contributed by atoms with E-state index in [1.807, 2.05) is 54.6 Å². The molecule has 31 heavy (non-hydrogen) atoms. The zero-order valence-corrected chi connectivity index (χ0v) is 17.6. The number of amides is 1. The zero-order chi connectivity index (χ0) is 21.8. The number of imidazole rings is 1. The fourth-order valence-electron chi connectivity index (χ4n) is 3.20. The van der Waals surface area contributed by atoms with E-state index in [4.69, 9.17) is 0 Å². The van der Waals surface area contributed by atoms with Crippen LogP contribution in [0.3, 0.4) is 0 Å². The smallest absolute Gasteiger partial charge is 0.260 e. The van der Waals surface area contributed by atoms with E-state index in [0.717, 1.165) is 22.9 Å². The van der Waals surface area contributed by atoms with Crippen molar-refractivity contribution in [2.24, 2.45) is 5.10 Å². The summed E-state index contributed by atoms with van der Waals surface area (Å²) >= 11 is 0. The molecule has 8 heteroatoms. The van der Waals surface area contributed by atoms with E-state index in [1.54, 1.807) is 35.0 Å². The van der Waals surface area contributed by atoms with Crippen molar-refractivity contribution in [3.63, 3.8) is 0 Å². The van der Waals surface area contributed by atoms with E-state index >= 15 is 0 Å². The van der Waals surface area contributed by atoms with Gasteiger partial charge in [0.2, 0.25) is 0 Å². The first-order chi connectivity index (χ1) is 14.9. The maximum absolute atomic E-state index is 12.6. The highest BCUT2D eigenvalue weighted by Gasteiger charge is 2.16. The van der Waals surface area contributed by atoms with Crippen LogP contribution in [-0.2, 0) is 21.2 Å². The van der Waals surface area contributed by atoms with Gasteiger partial charge in [-0.25, -0.2) is 18.8 Å². The van der Waals surface area contributed by atoms with E-state index in [1.165, 1.54) is 0 Å². The highest BCUT2D eigenvalue weighted by atomic mass is 32.2. The number of carbonyl (C=O) groups is 1. The van der Waals surface area contributed by atoms with Crippen LogP contribution in [-0.4, -0.2) is 36.3 Å². The molecule has 3 aromatic carbocycles. The van der Waals surface area contributed by atoms with Crippen LogP contribution in [0.4, 0.5) is 0 Å². The van der Waals surface area contributed by atoms with Gasteiger partial charge in [-0.15, -0.1) is 0 Å². The number of benzene rings is 3. The van der Waals surface area contributed by atoms with Gasteiger partial charge in [0.05, 0.1) is 22.1 Å². The summed E-state index contributed by atoms with van der Waals surface area (Å²) < 4.78 is 25.3. The number of carbonyl (C=O) groups excluding carboxylic acids is 1. The Morgan fingerprint density at radius 3 is 2.39 bits per heavy atom. The lowest BCUT2D eigenvalue weighted by molar-refractivity contribution is -0.121. The van der Waals surface area contributed by atoms with Crippen LogP contribution in [0.15, 0.2) is 88.9 Å². The standard InChI is InChI=1S/C23H20N4O3S/c1-31(29,30)19-13-11-18(12-14-19)23-25-20-9-5-6-10-21(20)27(23)16-22(28)26-24-15-17-7-3-2-4-8-17/h2-15H,16H2,1H3,(H,26,28)/b24-15+. The molecule has 0 spiro atoms. The highest BCUT2D eigenvalue weighted by molar-refractivity contribution is 7.90. The largest absolute Gasteiger partial charge is 0.314 e. The Balaban J connectivity index is 1.62. The Kier molecular flexibility index (Phi) is 5.64. The lowest BCUT2D eigenvalue weighted by Crippen LogP contribution is -2.23. The van der Waals surface area contributed by atoms with Crippen LogP contribution in [0.2, 0.25) is 0 Å². The lowest BCUT2D eigenvalue weighted by Gasteiger charge is -2.09. The third-order valence-electron chi connectivity index (χ3n) is 4.70. The second-order valence-electron chi connectivity index (χ2n) is 7.01. The first-order valence-corrected chi connectivity index (χ1v) is 11.4. The van der Waals surface area contributed by atoms with Crippen molar-refractivity contribution >= 4 is 33.0 Å². The fourth-order valence-corrected chi connectivity index (χ4v) is 3.83. The number of hydrogen-bond donors (Lipinski definition) is 1. The molecule has 0 bridgehead atoms. The van der Waals surface area contributed by atoms with Crippen molar-refractivity contribution in [1.82, 2.24) is 15.0 Å². The summed E-state index contributed by atoms with van der Waals surface area (Å²) in [5, 5.41) is 4.02. The van der Waals surface area contributed by atoms with E-state index in [0.29, 0.717) is 11.4 Å². The zero-order valence-electron chi connectivity index (χ0n) is 16.8. The van der Waals surface area contributed by atoms with Crippen LogP contribution < -0.4 is 5.43 Å². The number of fused-ring (bicyclic) bond motifs is 1. The second kappa shape index (κ2) is 8.53. The molecular formula is C23H20N4O3S. The molecule has 1 aromatic heterocycles. The molecule has 1 amide bonds. The minimum atomic E-state index is -3.30. The molecule has 0 saturated carbocycles.